The number of oxime groups is 1. The molecule has 0 unspecified atom stereocenters. The Morgan fingerprint density at radius 2 is 1.41 bits per heavy atom. The van der Waals surface area contributed by atoms with Crippen LogP contribution in [-0.4, -0.2) is 23.1 Å². The summed E-state index contributed by atoms with van der Waals surface area (Å²) in [5.41, 5.74) is 3.13. The Hall–Kier alpha value is -2.49. The van der Waals surface area contributed by atoms with Gasteiger partial charge in [-0.3, -0.25) is 0 Å². The van der Waals surface area contributed by atoms with Gasteiger partial charge in [-0.2, -0.15) is 0 Å². The standard InChI is InChI=1S/C25H35NO3/c1-3-4-5-6-7-8-9-10-11-12-24(26-28)23-19-21(15-18-25(23)27)20-13-16-22(29-2)17-14-20/h13-19,27-28H,3-12H2,1-2H3/b26-24+. The monoisotopic (exact) mass is 397 g/mol. The van der Waals surface area contributed by atoms with Crippen LogP contribution in [0.15, 0.2) is 47.6 Å². The van der Waals surface area contributed by atoms with Crippen LogP contribution in [0, 0.1) is 0 Å². The Morgan fingerprint density at radius 3 is 2.00 bits per heavy atom. The van der Waals surface area contributed by atoms with E-state index in [1.165, 1.54) is 44.9 Å². The number of hydrogen-bond donors (Lipinski definition) is 2. The van der Waals surface area contributed by atoms with Crippen molar-refractivity contribution in [2.75, 3.05) is 7.11 Å². The molecule has 0 fully saturated rings. The van der Waals surface area contributed by atoms with Gasteiger partial charge in [-0.05, 0) is 48.2 Å². The van der Waals surface area contributed by atoms with Crippen LogP contribution >= 0.6 is 0 Å². The lowest BCUT2D eigenvalue weighted by Gasteiger charge is -2.10. The summed E-state index contributed by atoms with van der Waals surface area (Å²) in [5, 5.41) is 23.3. The first-order chi connectivity index (χ1) is 14.2. The minimum Gasteiger partial charge on any atom is -0.507 e. The summed E-state index contributed by atoms with van der Waals surface area (Å²) >= 11 is 0. The van der Waals surface area contributed by atoms with Gasteiger partial charge in [0.15, 0.2) is 0 Å². The highest BCUT2D eigenvalue weighted by atomic mass is 16.5. The topological polar surface area (TPSA) is 62.1 Å². The summed E-state index contributed by atoms with van der Waals surface area (Å²) in [6.07, 6.45) is 11.8. The number of nitrogens with zero attached hydrogens (tertiary/aromatic N) is 1. The highest BCUT2D eigenvalue weighted by Gasteiger charge is 2.12. The molecule has 0 heterocycles. The lowest BCUT2D eigenvalue weighted by atomic mass is 9.97. The van der Waals surface area contributed by atoms with E-state index >= 15 is 0 Å². The molecule has 2 rings (SSSR count). The summed E-state index contributed by atoms with van der Waals surface area (Å²) < 4.78 is 5.21. The zero-order chi connectivity index (χ0) is 20.9. The Bertz CT molecular complexity index is 753. The lowest BCUT2D eigenvalue weighted by molar-refractivity contribution is 0.317. The van der Waals surface area contributed by atoms with Crippen molar-refractivity contribution >= 4 is 5.71 Å². The number of unbranched alkanes of at least 4 members (excludes halogenated alkanes) is 8. The average Bonchev–Trinajstić information content (AvgIpc) is 2.76. The maximum atomic E-state index is 10.3. The van der Waals surface area contributed by atoms with Crippen LogP contribution in [0.1, 0.15) is 76.7 Å². The van der Waals surface area contributed by atoms with Crippen molar-refractivity contribution in [2.45, 2.75) is 71.1 Å². The van der Waals surface area contributed by atoms with Gasteiger partial charge in [-0.25, -0.2) is 0 Å². The molecule has 0 bridgehead atoms. The summed E-state index contributed by atoms with van der Waals surface area (Å²) in [7, 11) is 1.64. The number of phenols is 1. The number of phenolic OH excluding ortho intramolecular Hbond substituents is 1. The van der Waals surface area contributed by atoms with Crippen LogP contribution in [0.4, 0.5) is 0 Å². The summed E-state index contributed by atoms with van der Waals surface area (Å²) in [6.45, 7) is 2.24. The third-order valence-corrected chi connectivity index (χ3v) is 5.37. The molecule has 2 aromatic rings. The summed E-state index contributed by atoms with van der Waals surface area (Å²) in [4.78, 5) is 0. The highest BCUT2D eigenvalue weighted by molar-refractivity contribution is 6.03. The summed E-state index contributed by atoms with van der Waals surface area (Å²) in [5.74, 6) is 0.946. The molecule has 29 heavy (non-hydrogen) atoms. The second-order valence-corrected chi connectivity index (χ2v) is 7.59. The first-order valence-corrected chi connectivity index (χ1v) is 10.9. The fraction of sp³-hybridized carbons (Fsp3) is 0.480. The van der Waals surface area contributed by atoms with Crippen molar-refractivity contribution in [3.8, 4) is 22.6 Å². The molecule has 4 heteroatoms. The van der Waals surface area contributed by atoms with E-state index in [-0.39, 0.29) is 5.75 Å². The molecule has 0 aliphatic rings. The van der Waals surface area contributed by atoms with Crippen molar-refractivity contribution in [3.05, 3.63) is 48.0 Å². The van der Waals surface area contributed by atoms with Crippen molar-refractivity contribution in [3.63, 3.8) is 0 Å². The molecule has 158 valence electrons. The predicted octanol–water partition coefficient (Wildman–Crippen LogP) is 7.17. The van der Waals surface area contributed by atoms with E-state index in [0.717, 1.165) is 29.7 Å². The number of ether oxygens (including phenoxy) is 1. The van der Waals surface area contributed by atoms with Crippen LogP contribution < -0.4 is 4.74 Å². The molecule has 2 aromatic carbocycles. The number of hydrogen-bond acceptors (Lipinski definition) is 4. The van der Waals surface area contributed by atoms with Crippen LogP contribution in [0.5, 0.6) is 11.5 Å². The van der Waals surface area contributed by atoms with E-state index in [9.17, 15) is 10.3 Å². The van der Waals surface area contributed by atoms with Crippen LogP contribution in [0.3, 0.4) is 0 Å². The highest BCUT2D eigenvalue weighted by Crippen LogP contribution is 2.29. The molecule has 0 amide bonds. The average molecular weight is 398 g/mol. The molecule has 0 spiro atoms. The smallest absolute Gasteiger partial charge is 0.124 e. The van der Waals surface area contributed by atoms with Gasteiger partial charge in [0.25, 0.3) is 0 Å². The normalized spacial score (nSPS) is 11.6. The number of methoxy groups -OCH3 is 1. The maximum Gasteiger partial charge on any atom is 0.124 e. The van der Waals surface area contributed by atoms with Crippen molar-refractivity contribution in [1.29, 1.82) is 0 Å². The molecule has 4 nitrogen and oxygen atoms in total. The first kappa shape index (κ1) is 22.8. The van der Waals surface area contributed by atoms with Gasteiger partial charge in [0.05, 0.1) is 12.8 Å². The molecule has 0 radical (unpaired) electrons. The molecule has 0 aromatic heterocycles. The third kappa shape index (κ3) is 7.45. The Kier molecular flexibility index (Phi) is 10.1. The van der Waals surface area contributed by atoms with Gasteiger partial charge in [0, 0.05) is 5.56 Å². The molecule has 0 atom stereocenters. The van der Waals surface area contributed by atoms with Crippen molar-refractivity contribution in [2.24, 2.45) is 5.16 Å². The van der Waals surface area contributed by atoms with E-state index in [1.807, 2.05) is 36.4 Å². The van der Waals surface area contributed by atoms with Gasteiger partial charge in [0.2, 0.25) is 0 Å². The Labute approximate surface area is 175 Å². The van der Waals surface area contributed by atoms with E-state index in [4.69, 9.17) is 4.74 Å². The molecule has 0 saturated carbocycles. The molecule has 0 saturated heterocycles. The minimum absolute atomic E-state index is 0.144. The van der Waals surface area contributed by atoms with E-state index in [1.54, 1.807) is 13.2 Å². The fourth-order valence-corrected chi connectivity index (χ4v) is 3.57. The van der Waals surface area contributed by atoms with E-state index in [0.29, 0.717) is 17.7 Å². The maximum absolute atomic E-state index is 10.3. The lowest BCUT2D eigenvalue weighted by Crippen LogP contribution is -2.02. The molecule has 0 aliphatic heterocycles. The van der Waals surface area contributed by atoms with Crippen LogP contribution in [0.2, 0.25) is 0 Å². The SMILES string of the molecule is CCCCCCCCCCC/C(=N\O)c1cc(-c2ccc(OC)cc2)ccc1O. The second-order valence-electron chi connectivity index (χ2n) is 7.59. The Morgan fingerprint density at radius 1 is 0.828 bits per heavy atom. The van der Waals surface area contributed by atoms with Gasteiger partial charge in [-0.1, -0.05) is 81.6 Å². The molecular weight excluding hydrogens is 362 g/mol. The number of rotatable bonds is 13. The largest absolute Gasteiger partial charge is 0.507 e. The van der Waals surface area contributed by atoms with E-state index in [2.05, 4.69) is 12.1 Å². The zero-order valence-electron chi connectivity index (χ0n) is 17.9. The second kappa shape index (κ2) is 12.9. The first-order valence-electron chi connectivity index (χ1n) is 10.9. The quantitative estimate of drug-likeness (QED) is 0.163. The minimum atomic E-state index is 0.144. The zero-order valence-corrected chi connectivity index (χ0v) is 17.9. The van der Waals surface area contributed by atoms with Crippen molar-refractivity contribution < 1.29 is 15.1 Å². The fourth-order valence-electron chi connectivity index (χ4n) is 3.57. The molecular formula is C25H35NO3. The Balaban J connectivity index is 1.89. The molecule has 2 N–H and O–H groups in total. The number of benzene rings is 2. The van der Waals surface area contributed by atoms with Gasteiger partial charge < -0.3 is 15.1 Å². The van der Waals surface area contributed by atoms with Gasteiger partial charge >= 0.3 is 0 Å². The summed E-state index contributed by atoms with van der Waals surface area (Å²) in [6, 6.07) is 13.2. The van der Waals surface area contributed by atoms with Crippen LogP contribution in [0.25, 0.3) is 11.1 Å². The molecule has 0 aliphatic carbocycles. The van der Waals surface area contributed by atoms with Crippen molar-refractivity contribution in [1.82, 2.24) is 0 Å². The predicted molar refractivity (Wildman–Crippen MR) is 120 cm³/mol. The third-order valence-electron chi connectivity index (χ3n) is 5.37. The number of aromatic hydroxyl groups is 1. The van der Waals surface area contributed by atoms with Crippen LogP contribution in [-0.2, 0) is 0 Å². The van der Waals surface area contributed by atoms with Gasteiger partial charge in [-0.15, -0.1) is 0 Å². The van der Waals surface area contributed by atoms with E-state index < -0.39 is 0 Å². The van der Waals surface area contributed by atoms with Gasteiger partial charge in [0.1, 0.15) is 11.5 Å².